The van der Waals surface area contributed by atoms with Crippen LogP contribution < -0.4 is 32.3 Å². The standard InChI is InChI=1S/C54H84N6O10/c1-39(2)37-68-49(62)32-31-46(52(65)69-38-40(3)4)60-54(67)59-45(53(66)70-43-27-17-7-5-8-18-28-43)29-20-22-33-56-48(61)30-19-9-6-10-21-34-57-51(64)47(36-42-25-15-12-16-26-42)58-50(63)44(55)35-41-23-13-11-14-24-41/h11-16,23-26,39-40,43-47H,5-10,17-22,27-38,55H2,1-4H3,(H,56,61)(H,57,64)(H,58,63)(H2,59,60,67)/t44-,45+,46+,47-/m1/s1. The van der Waals surface area contributed by atoms with Crippen molar-refractivity contribution in [3.63, 3.8) is 0 Å². The Kier molecular flexibility index (Phi) is 29.2. The molecule has 0 bridgehead atoms. The van der Waals surface area contributed by atoms with Gasteiger partial charge in [0.15, 0.2) is 0 Å². The number of rotatable bonds is 32. The summed E-state index contributed by atoms with van der Waals surface area (Å²) in [6, 6.07) is 14.6. The number of unbranched alkanes of at least 4 members (excludes halogenated alkanes) is 5. The zero-order valence-electron chi connectivity index (χ0n) is 42.4. The highest BCUT2D eigenvalue weighted by atomic mass is 16.5. The Morgan fingerprint density at radius 2 is 1.10 bits per heavy atom. The summed E-state index contributed by atoms with van der Waals surface area (Å²) in [6.45, 7) is 8.85. The number of esters is 3. The van der Waals surface area contributed by atoms with Crippen LogP contribution >= 0.6 is 0 Å². The van der Waals surface area contributed by atoms with Crippen molar-refractivity contribution in [1.82, 2.24) is 26.6 Å². The first-order chi connectivity index (χ1) is 33.7. The number of urea groups is 1. The van der Waals surface area contributed by atoms with Gasteiger partial charge in [-0.25, -0.2) is 14.4 Å². The molecule has 2 aromatic carbocycles. The highest BCUT2D eigenvalue weighted by Crippen LogP contribution is 2.21. The van der Waals surface area contributed by atoms with Crippen LogP contribution in [0.3, 0.4) is 0 Å². The Morgan fingerprint density at radius 1 is 0.557 bits per heavy atom. The van der Waals surface area contributed by atoms with E-state index in [-0.39, 0.29) is 68.1 Å². The summed E-state index contributed by atoms with van der Waals surface area (Å²) >= 11 is 0. The van der Waals surface area contributed by atoms with Gasteiger partial charge < -0.3 is 46.5 Å². The van der Waals surface area contributed by atoms with Crippen molar-refractivity contribution in [2.24, 2.45) is 17.6 Å². The quantitative estimate of drug-likeness (QED) is 0.0251. The molecule has 70 heavy (non-hydrogen) atoms. The van der Waals surface area contributed by atoms with Crippen molar-refractivity contribution in [2.75, 3.05) is 26.3 Å². The lowest BCUT2D eigenvalue weighted by atomic mass is 9.98. The largest absolute Gasteiger partial charge is 0.465 e. The minimum Gasteiger partial charge on any atom is -0.465 e. The molecule has 1 saturated carbocycles. The number of carbonyl (C=O) groups is 7. The Balaban J connectivity index is 1.40. The second kappa shape index (κ2) is 34.7. The van der Waals surface area contributed by atoms with Crippen LogP contribution in [0.2, 0.25) is 0 Å². The fraction of sp³-hybridized carbons (Fsp3) is 0.648. The van der Waals surface area contributed by atoms with Gasteiger partial charge in [0.1, 0.15) is 24.2 Å². The highest BCUT2D eigenvalue weighted by molar-refractivity contribution is 5.90. The molecule has 0 unspecified atom stereocenters. The molecule has 2 aromatic rings. The molecule has 4 atom stereocenters. The number of nitrogens with one attached hydrogen (secondary N) is 5. The van der Waals surface area contributed by atoms with Gasteiger partial charge in [-0.15, -0.1) is 0 Å². The maximum Gasteiger partial charge on any atom is 0.328 e. The molecular weight excluding hydrogens is 893 g/mol. The predicted octanol–water partition coefficient (Wildman–Crippen LogP) is 6.90. The third-order valence-corrected chi connectivity index (χ3v) is 12.0. The fourth-order valence-corrected chi connectivity index (χ4v) is 7.95. The number of hydrogen-bond acceptors (Lipinski definition) is 11. The van der Waals surface area contributed by atoms with Gasteiger partial charge in [0.2, 0.25) is 17.7 Å². The molecule has 5 amide bonds. The molecule has 7 N–H and O–H groups in total. The summed E-state index contributed by atoms with van der Waals surface area (Å²) in [7, 11) is 0. The van der Waals surface area contributed by atoms with Crippen LogP contribution in [0.5, 0.6) is 0 Å². The molecule has 390 valence electrons. The fourth-order valence-electron chi connectivity index (χ4n) is 7.95. The molecule has 16 heteroatoms. The molecule has 0 saturated heterocycles. The van der Waals surface area contributed by atoms with E-state index in [1.165, 1.54) is 0 Å². The van der Waals surface area contributed by atoms with Crippen molar-refractivity contribution >= 4 is 41.7 Å². The number of ether oxygens (including phenoxy) is 3. The van der Waals surface area contributed by atoms with Crippen molar-refractivity contribution in [3.8, 4) is 0 Å². The van der Waals surface area contributed by atoms with Crippen LogP contribution in [0.15, 0.2) is 60.7 Å². The van der Waals surface area contributed by atoms with Crippen molar-refractivity contribution in [1.29, 1.82) is 0 Å². The third-order valence-electron chi connectivity index (χ3n) is 12.0. The minimum absolute atomic E-state index is 0.0374. The predicted molar refractivity (Wildman–Crippen MR) is 270 cm³/mol. The number of carbonyl (C=O) groups excluding carboxylic acids is 7. The number of amides is 5. The van der Waals surface area contributed by atoms with Crippen LogP contribution in [0.25, 0.3) is 0 Å². The smallest absolute Gasteiger partial charge is 0.328 e. The summed E-state index contributed by atoms with van der Waals surface area (Å²) in [5, 5.41) is 14.2. The van der Waals surface area contributed by atoms with Crippen molar-refractivity contribution < 1.29 is 47.8 Å². The molecule has 0 heterocycles. The summed E-state index contributed by atoms with van der Waals surface area (Å²) in [5.74, 6) is -2.22. The van der Waals surface area contributed by atoms with E-state index < -0.39 is 48.1 Å². The minimum atomic E-state index is -1.14. The summed E-state index contributed by atoms with van der Waals surface area (Å²) in [5.41, 5.74) is 8.09. The van der Waals surface area contributed by atoms with Crippen molar-refractivity contribution in [3.05, 3.63) is 71.8 Å². The maximum absolute atomic E-state index is 13.6. The van der Waals surface area contributed by atoms with Crippen LogP contribution in [-0.4, -0.2) is 98.2 Å². The number of benzene rings is 2. The summed E-state index contributed by atoms with van der Waals surface area (Å²) < 4.78 is 16.6. The van der Waals surface area contributed by atoms with E-state index in [1.807, 2.05) is 88.4 Å². The van der Waals surface area contributed by atoms with Crippen LogP contribution in [0.4, 0.5) is 4.79 Å². The SMILES string of the molecule is CC(C)COC(=O)CC[C@H](NC(=O)N[C@@H](CCCCNC(=O)CCCCCCCNC(=O)[C@@H](Cc1ccccc1)NC(=O)[C@H](N)Cc1ccccc1)C(=O)OC1CCCCCCC1)C(=O)OCC(C)C. The average molecular weight is 977 g/mol. The van der Waals surface area contributed by atoms with E-state index in [4.69, 9.17) is 19.9 Å². The number of hydrogen-bond donors (Lipinski definition) is 6. The van der Waals surface area contributed by atoms with E-state index in [0.717, 1.165) is 81.8 Å². The van der Waals surface area contributed by atoms with E-state index in [9.17, 15) is 33.6 Å². The molecule has 0 radical (unpaired) electrons. The van der Waals surface area contributed by atoms with Gasteiger partial charge in [-0.05, 0) is 93.6 Å². The van der Waals surface area contributed by atoms with Gasteiger partial charge in [0, 0.05) is 32.4 Å². The van der Waals surface area contributed by atoms with Crippen molar-refractivity contribution in [2.45, 2.75) is 186 Å². The van der Waals surface area contributed by atoms with Gasteiger partial charge in [0.05, 0.1) is 19.3 Å². The lowest BCUT2D eigenvalue weighted by Gasteiger charge is -2.25. The van der Waals surface area contributed by atoms with Crippen LogP contribution in [-0.2, 0) is 55.8 Å². The van der Waals surface area contributed by atoms with E-state index >= 15 is 0 Å². The molecule has 1 fully saturated rings. The summed E-state index contributed by atoms with van der Waals surface area (Å²) in [4.78, 5) is 91.4. The highest BCUT2D eigenvalue weighted by Gasteiger charge is 2.29. The lowest BCUT2D eigenvalue weighted by Crippen LogP contribution is -2.53. The summed E-state index contributed by atoms with van der Waals surface area (Å²) in [6.07, 6.45) is 12.9. The first-order valence-electron chi connectivity index (χ1n) is 26.0. The average Bonchev–Trinajstić information content (AvgIpc) is 3.32. The lowest BCUT2D eigenvalue weighted by molar-refractivity contribution is -0.152. The second-order valence-corrected chi connectivity index (χ2v) is 19.5. The first-order valence-corrected chi connectivity index (χ1v) is 26.0. The van der Waals surface area contributed by atoms with E-state index in [1.54, 1.807) is 0 Å². The first kappa shape index (κ1) is 58.8. The Bertz CT molecular complexity index is 1840. The molecule has 0 aliphatic heterocycles. The normalized spacial score (nSPS) is 14.7. The molecular formula is C54H84N6O10. The molecule has 1 aliphatic rings. The van der Waals surface area contributed by atoms with Crippen LogP contribution in [0, 0.1) is 11.8 Å². The monoisotopic (exact) mass is 977 g/mol. The van der Waals surface area contributed by atoms with E-state index in [2.05, 4.69) is 26.6 Å². The topological polar surface area (TPSA) is 233 Å². The Labute approximate surface area is 416 Å². The third kappa shape index (κ3) is 26.5. The number of nitrogens with two attached hydrogens (primary N) is 1. The second-order valence-electron chi connectivity index (χ2n) is 19.5. The van der Waals surface area contributed by atoms with Crippen LogP contribution in [0.1, 0.15) is 154 Å². The molecule has 1 aliphatic carbocycles. The van der Waals surface area contributed by atoms with E-state index in [0.29, 0.717) is 51.6 Å². The van der Waals surface area contributed by atoms with Gasteiger partial charge in [-0.3, -0.25) is 19.2 Å². The maximum atomic E-state index is 13.6. The Morgan fingerprint density at radius 3 is 1.74 bits per heavy atom. The Hall–Kier alpha value is -5.51. The molecule has 0 spiro atoms. The molecule has 0 aromatic heterocycles. The van der Waals surface area contributed by atoms with Gasteiger partial charge in [-0.1, -0.05) is 127 Å². The molecule has 3 rings (SSSR count). The van der Waals surface area contributed by atoms with Gasteiger partial charge >= 0.3 is 23.9 Å². The zero-order valence-corrected chi connectivity index (χ0v) is 42.4. The molecule has 16 nitrogen and oxygen atoms in total. The zero-order chi connectivity index (χ0) is 50.9. The van der Waals surface area contributed by atoms with Gasteiger partial charge in [0.25, 0.3) is 0 Å². The van der Waals surface area contributed by atoms with Gasteiger partial charge in [-0.2, -0.15) is 0 Å².